The quantitative estimate of drug-likeness (QED) is 0.329. The number of aryl methyl sites for hydroxylation is 1. The van der Waals surface area contributed by atoms with Gasteiger partial charge in [0.05, 0.1) is 29.2 Å². The lowest BCUT2D eigenvalue weighted by Gasteiger charge is -2.31. The Morgan fingerprint density at radius 3 is 2.79 bits per heavy atom. The minimum atomic E-state index is -0.110. The van der Waals surface area contributed by atoms with Crippen molar-refractivity contribution in [2.45, 2.75) is 30.7 Å². The first-order valence-electron chi connectivity index (χ1n) is 11.5. The molecule has 0 aromatic carbocycles. The van der Waals surface area contributed by atoms with Gasteiger partial charge in [0.15, 0.2) is 0 Å². The van der Waals surface area contributed by atoms with E-state index in [9.17, 15) is 4.79 Å². The van der Waals surface area contributed by atoms with Crippen molar-refractivity contribution < 1.29 is 9.53 Å². The number of hydrogen-bond acceptors (Lipinski definition) is 9. The fraction of sp³-hybridized carbons (Fsp3) is 0.375. The Morgan fingerprint density at radius 2 is 1.97 bits per heavy atom. The molecule has 1 saturated heterocycles. The molecule has 4 aromatic heterocycles. The highest BCUT2D eigenvalue weighted by molar-refractivity contribution is 8.00. The number of carbonyl (C=O) groups excluding carboxylic acids is 1. The molecule has 0 saturated carbocycles. The van der Waals surface area contributed by atoms with Crippen LogP contribution in [0.1, 0.15) is 24.0 Å². The third-order valence-electron chi connectivity index (χ3n) is 6.25. The van der Waals surface area contributed by atoms with Gasteiger partial charge in [-0.05, 0) is 48.9 Å². The zero-order valence-electron chi connectivity index (χ0n) is 18.6. The van der Waals surface area contributed by atoms with Gasteiger partial charge < -0.3 is 15.0 Å². The highest BCUT2D eigenvalue weighted by atomic mass is 32.2. The number of fused-ring (bicyclic) bond motifs is 5. The first-order valence-corrected chi connectivity index (χ1v) is 13.3. The van der Waals surface area contributed by atoms with Crippen LogP contribution in [-0.2, 0) is 22.4 Å². The number of hydrogen-bond donors (Lipinski definition) is 1. The van der Waals surface area contributed by atoms with Crippen molar-refractivity contribution in [1.29, 1.82) is 0 Å². The van der Waals surface area contributed by atoms with Gasteiger partial charge in [0, 0.05) is 24.7 Å². The van der Waals surface area contributed by atoms with Crippen molar-refractivity contribution in [1.82, 2.24) is 19.9 Å². The second kappa shape index (κ2) is 9.44. The average Bonchev–Trinajstić information content (AvgIpc) is 3.27. The SMILES string of the molecule is O=C(CSc1ncnc2c1sc1nc(N3CCOCC3)c3c(c12)CCCC3)Nc1ccccn1. The summed E-state index contributed by atoms with van der Waals surface area (Å²) in [5.74, 6) is 1.81. The summed E-state index contributed by atoms with van der Waals surface area (Å²) in [4.78, 5) is 34.4. The maximum atomic E-state index is 12.5. The van der Waals surface area contributed by atoms with E-state index in [1.807, 2.05) is 12.1 Å². The second-order valence-electron chi connectivity index (χ2n) is 8.39. The third-order valence-corrected chi connectivity index (χ3v) is 8.45. The van der Waals surface area contributed by atoms with Gasteiger partial charge in [-0.25, -0.2) is 19.9 Å². The number of carbonyl (C=O) groups is 1. The second-order valence-corrected chi connectivity index (χ2v) is 10.4. The van der Waals surface area contributed by atoms with Crippen LogP contribution in [0.3, 0.4) is 0 Å². The summed E-state index contributed by atoms with van der Waals surface area (Å²) < 4.78 is 6.58. The van der Waals surface area contributed by atoms with Gasteiger partial charge in [0.1, 0.15) is 27.8 Å². The Hall–Kier alpha value is -2.82. The average molecular weight is 493 g/mol. The Bertz CT molecular complexity index is 1350. The number of ether oxygens (including phenoxy) is 1. The molecule has 1 aliphatic heterocycles. The van der Waals surface area contributed by atoms with Gasteiger partial charge in [-0.15, -0.1) is 11.3 Å². The summed E-state index contributed by atoms with van der Waals surface area (Å²) in [6, 6.07) is 5.44. The van der Waals surface area contributed by atoms with E-state index in [0.29, 0.717) is 5.82 Å². The number of nitrogens with zero attached hydrogens (tertiary/aromatic N) is 5. The van der Waals surface area contributed by atoms with Gasteiger partial charge in [-0.2, -0.15) is 0 Å². The minimum Gasteiger partial charge on any atom is -0.378 e. The fourth-order valence-corrected chi connectivity index (χ4v) is 6.74. The first-order chi connectivity index (χ1) is 16.8. The number of thiophene rings is 1. The zero-order valence-corrected chi connectivity index (χ0v) is 20.3. The van der Waals surface area contributed by atoms with E-state index < -0.39 is 0 Å². The van der Waals surface area contributed by atoms with Crippen molar-refractivity contribution >= 4 is 61.1 Å². The van der Waals surface area contributed by atoms with Crippen LogP contribution >= 0.6 is 23.1 Å². The van der Waals surface area contributed by atoms with Crippen LogP contribution < -0.4 is 10.2 Å². The topological polar surface area (TPSA) is 93.1 Å². The molecular weight excluding hydrogens is 468 g/mol. The van der Waals surface area contributed by atoms with E-state index in [0.717, 1.165) is 65.0 Å². The molecule has 1 aliphatic carbocycles. The van der Waals surface area contributed by atoms with Crippen LogP contribution in [0, 0.1) is 0 Å². The molecule has 4 aromatic rings. The van der Waals surface area contributed by atoms with Crippen molar-refractivity contribution in [3.8, 4) is 0 Å². The van der Waals surface area contributed by atoms with E-state index in [1.54, 1.807) is 29.9 Å². The van der Waals surface area contributed by atoms with Gasteiger partial charge in [-0.1, -0.05) is 17.8 Å². The molecule has 1 N–H and O–H groups in total. The number of amides is 1. The number of thioether (sulfide) groups is 1. The zero-order chi connectivity index (χ0) is 22.9. The number of anilines is 2. The molecule has 10 heteroatoms. The van der Waals surface area contributed by atoms with Crippen LogP contribution in [0.15, 0.2) is 35.7 Å². The highest BCUT2D eigenvalue weighted by Crippen LogP contribution is 2.43. The number of pyridine rings is 2. The van der Waals surface area contributed by atoms with Crippen molar-refractivity contribution in [2.75, 3.05) is 42.3 Å². The minimum absolute atomic E-state index is 0.110. The Balaban J connectivity index is 1.35. The van der Waals surface area contributed by atoms with E-state index >= 15 is 0 Å². The molecule has 6 rings (SSSR count). The Morgan fingerprint density at radius 1 is 1.12 bits per heavy atom. The molecule has 174 valence electrons. The normalized spacial score (nSPS) is 16.1. The standard InChI is InChI=1S/C24H24N6O2S2/c31-18(28-17-7-3-4-8-25-17)13-33-24-21-20(26-14-27-24)19-15-5-1-2-6-16(15)22(29-23(19)34-21)30-9-11-32-12-10-30/h3-4,7-8,14H,1-2,5-6,9-13H2,(H,25,28,31). The summed E-state index contributed by atoms with van der Waals surface area (Å²) in [5, 5.41) is 4.83. The molecule has 8 nitrogen and oxygen atoms in total. The number of aromatic nitrogens is 4. The van der Waals surface area contributed by atoms with E-state index in [4.69, 9.17) is 9.72 Å². The van der Waals surface area contributed by atoms with Crippen molar-refractivity contribution in [2.24, 2.45) is 0 Å². The first kappa shape index (κ1) is 21.7. The summed E-state index contributed by atoms with van der Waals surface area (Å²) in [7, 11) is 0. The molecule has 0 atom stereocenters. The molecule has 0 unspecified atom stereocenters. The van der Waals surface area contributed by atoms with Gasteiger partial charge in [-0.3, -0.25) is 4.79 Å². The van der Waals surface area contributed by atoms with Crippen LogP contribution in [0.4, 0.5) is 11.6 Å². The monoisotopic (exact) mass is 492 g/mol. The highest BCUT2D eigenvalue weighted by Gasteiger charge is 2.26. The van der Waals surface area contributed by atoms with Gasteiger partial charge in [0.2, 0.25) is 5.91 Å². The fourth-order valence-electron chi connectivity index (χ4n) is 4.71. The molecule has 0 radical (unpaired) electrons. The summed E-state index contributed by atoms with van der Waals surface area (Å²) >= 11 is 3.06. The number of morpholine rings is 1. The molecule has 1 fully saturated rings. The molecule has 34 heavy (non-hydrogen) atoms. The lowest BCUT2D eigenvalue weighted by atomic mass is 9.90. The summed E-state index contributed by atoms with van der Waals surface area (Å²) in [6.07, 6.45) is 7.76. The Kier molecular flexibility index (Phi) is 6.02. The predicted molar refractivity (Wildman–Crippen MR) is 136 cm³/mol. The third kappa shape index (κ3) is 4.10. The van der Waals surface area contributed by atoms with Crippen LogP contribution in [0.2, 0.25) is 0 Å². The lowest BCUT2D eigenvalue weighted by molar-refractivity contribution is -0.113. The molecular formula is C24H24N6O2S2. The van der Waals surface area contributed by atoms with E-state index in [-0.39, 0.29) is 11.7 Å². The van der Waals surface area contributed by atoms with Crippen molar-refractivity contribution in [3.63, 3.8) is 0 Å². The maximum Gasteiger partial charge on any atom is 0.235 e. The van der Waals surface area contributed by atoms with Crippen LogP contribution in [0.25, 0.3) is 20.4 Å². The Labute approximate surface area is 205 Å². The molecule has 0 bridgehead atoms. The van der Waals surface area contributed by atoms with Gasteiger partial charge in [0.25, 0.3) is 0 Å². The summed E-state index contributed by atoms with van der Waals surface area (Å²) in [5.41, 5.74) is 3.73. The van der Waals surface area contributed by atoms with E-state index in [1.165, 1.54) is 41.1 Å². The number of rotatable bonds is 5. The maximum absolute atomic E-state index is 12.5. The van der Waals surface area contributed by atoms with E-state index in [2.05, 4.69) is 25.2 Å². The smallest absolute Gasteiger partial charge is 0.235 e. The summed E-state index contributed by atoms with van der Waals surface area (Å²) in [6.45, 7) is 3.24. The van der Waals surface area contributed by atoms with Crippen molar-refractivity contribution in [3.05, 3.63) is 41.9 Å². The molecule has 0 spiro atoms. The predicted octanol–water partition coefficient (Wildman–Crippen LogP) is 4.08. The molecule has 1 amide bonds. The van der Waals surface area contributed by atoms with Crippen LogP contribution in [-0.4, -0.2) is 57.9 Å². The largest absolute Gasteiger partial charge is 0.378 e. The number of nitrogens with one attached hydrogen (secondary N) is 1. The van der Waals surface area contributed by atoms with Crippen LogP contribution in [0.5, 0.6) is 0 Å². The molecule has 5 heterocycles. The lowest BCUT2D eigenvalue weighted by Crippen LogP contribution is -2.37. The molecule has 2 aliphatic rings. The van der Waals surface area contributed by atoms with Gasteiger partial charge >= 0.3 is 0 Å².